The van der Waals surface area contributed by atoms with Gasteiger partial charge in [-0.1, -0.05) is 39.7 Å². The van der Waals surface area contributed by atoms with E-state index in [1.54, 1.807) is 36.4 Å². The molecule has 166 valence electrons. The summed E-state index contributed by atoms with van der Waals surface area (Å²) < 4.78 is 12.2. The van der Waals surface area contributed by atoms with Crippen molar-refractivity contribution in [3.63, 3.8) is 0 Å². The van der Waals surface area contributed by atoms with E-state index in [2.05, 4.69) is 15.9 Å². The van der Waals surface area contributed by atoms with Crippen molar-refractivity contribution in [1.82, 2.24) is 4.90 Å². The molecular weight excluding hydrogens is 498 g/mol. The standard InChI is InChI=1S/C24H21BrClNO5/c1-13(2)31-10-9-27-21(14-3-6-17(26)7-4-14)20(23(29)24(27)30)22(28)19-12-15-11-16(25)5-8-18(15)32-19/h3-8,11-13,21,29H,9-10H2,1-2H3. The number of carbonyl (C=O) groups excluding carboxylic acids is 2. The van der Waals surface area contributed by atoms with Gasteiger partial charge in [-0.25, -0.2) is 0 Å². The zero-order chi connectivity index (χ0) is 23.0. The number of amides is 1. The third kappa shape index (κ3) is 4.33. The third-order valence-electron chi connectivity index (χ3n) is 5.22. The molecule has 2 heterocycles. The minimum absolute atomic E-state index is 0.0146. The molecule has 3 aromatic rings. The maximum absolute atomic E-state index is 13.5. The van der Waals surface area contributed by atoms with Crippen molar-refractivity contribution in [2.75, 3.05) is 13.2 Å². The number of ether oxygens (including phenoxy) is 1. The van der Waals surface area contributed by atoms with E-state index in [0.29, 0.717) is 16.2 Å². The van der Waals surface area contributed by atoms with Gasteiger partial charge in [-0.2, -0.15) is 0 Å². The second kappa shape index (κ2) is 9.10. The van der Waals surface area contributed by atoms with Crippen molar-refractivity contribution in [1.29, 1.82) is 0 Å². The van der Waals surface area contributed by atoms with Crippen LogP contribution in [-0.2, 0) is 9.53 Å². The Balaban J connectivity index is 1.74. The van der Waals surface area contributed by atoms with Gasteiger partial charge in [0.1, 0.15) is 5.58 Å². The minimum atomic E-state index is -0.789. The van der Waals surface area contributed by atoms with Crippen molar-refractivity contribution in [2.45, 2.75) is 26.0 Å². The number of fused-ring (bicyclic) bond motifs is 1. The Labute approximate surface area is 198 Å². The average Bonchev–Trinajstić information content (AvgIpc) is 3.27. The highest BCUT2D eigenvalue weighted by molar-refractivity contribution is 9.10. The number of aliphatic hydroxyl groups excluding tert-OH is 1. The first kappa shape index (κ1) is 22.6. The van der Waals surface area contributed by atoms with Crippen LogP contribution in [0.25, 0.3) is 11.0 Å². The number of furan rings is 1. The number of Topliss-reactive ketones (excluding diaryl/α,β-unsaturated/α-hetero) is 1. The minimum Gasteiger partial charge on any atom is -0.503 e. The summed E-state index contributed by atoms with van der Waals surface area (Å²) in [5.41, 5.74) is 1.16. The monoisotopic (exact) mass is 517 g/mol. The Morgan fingerprint density at radius 2 is 1.94 bits per heavy atom. The molecule has 1 aliphatic rings. The van der Waals surface area contributed by atoms with Gasteiger partial charge in [0, 0.05) is 21.4 Å². The Bertz CT molecular complexity index is 1210. The molecule has 32 heavy (non-hydrogen) atoms. The molecule has 6 nitrogen and oxygen atoms in total. The maximum Gasteiger partial charge on any atom is 0.290 e. The van der Waals surface area contributed by atoms with E-state index in [4.69, 9.17) is 20.8 Å². The molecule has 8 heteroatoms. The molecule has 1 amide bonds. The lowest BCUT2D eigenvalue weighted by molar-refractivity contribution is -0.130. The third-order valence-corrected chi connectivity index (χ3v) is 5.96. The fourth-order valence-electron chi connectivity index (χ4n) is 3.75. The smallest absolute Gasteiger partial charge is 0.290 e. The van der Waals surface area contributed by atoms with E-state index in [-0.39, 0.29) is 30.6 Å². The summed E-state index contributed by atoms with van der Waals surface area (Å²) >= 11 is 9.44. The molecule has 1 N–H and O–H groups in total. The number of benzene rings is 2. The first-order chi connectivity index (χ1) is 15.3. The Kier molecular flexibility index (Phi) is 6.42. The number of hydrogen-bond acceptors (Lipinski definition) is 5. The van der Waals surface area contributed by atoms with Gasteiger partial charge in [0.2, 0.25) is 5.78 Å². The van der Waals surface area contributed by atoms with Crippen LogP contribution in [0, 0.1) is 0 Å². The number of rotatable bonds is 7. The molecule has 0 bridgehead atoms. The van der Waals surface area contributed by atoms with Crippen molar-refractivity contribution in [3.05, 3.63) is 80.7 Å². The van der Waals surface area contributed by atoms with Crippen LogP contribution in [-0.4, -0.2) is 41.0 Å². The molecule has 4 rings (SSSR count). The largest absolute Gasteiger partial charge is 0.503 e. The zero-order valence-corrected chi connectivity index (χ0v) is 19.8. The van der Waals surface area contributed by atoms with Crippen LogP contribution >= 0.6 is 27.5 Å². The molecule has 0 fully saturated rings. The molecule has 1 aliphatic heterocycles. The number of halogens is 2. The molecule has 2 aromatic carbocycles. The molecule has 0 aliphatic carbocycles. The highest BCUT2D eigenvalue weighted by atomic mass is 79.9. The quantitative estimate of drug-likeness (QED) is 0.397. The molecule has 1 aromatic heterocycles. The average molecular weight is 519 g/mol. The molecule has 0 saturated carbocycles. The zero-order valence-electron chi connectivity index (χ0n) is 17.5. The first-order valence-corrected chi connectivity index (χ1v) is 11.3. The van der Waals surface area contributed by atoms with Crippen LogP contribution in [0.4, 0.5) is 0 Å². The van der Waals surface area contributed by atoms with Gasteiger partial charge in [-0.05, 0) is 55.8 Å². The fourth-order valence-corrected chi connectivity index (χ4v) is 4.26. The number of aliphatic hydroxyl groups is 1. The first-order valence-electron chi connectivity index (χ1n) is 10.1. The lowest BCUT2D eigenvalue weighted by Gasteiger charge is -2.27. The Morgan fingerprint density at radius 3 is 2.62 bits per heavy atom. The van der Waals surface area contributed by atoms with Gasteiger partial charge in [0.15, 0.2) is 11.5 Å². The summed E-state index contributed by atoms with van der Waals surface area (Å²) in [5, 5.41) is 12.0. The maximum atomic E-state index is 13.5. The number of ketones is 1. The summed E-state index contributed by atoms with van der Waals surface area (Å²) in [6, 6.07) is 13.0. The number of nitrogens with zero attached hydrogens (tertiary/aromatic N) is 1. The summed E-state index contributed by atoms with van der Waals surface area (Å²) in [4.78, 5) is 27.9. The molecule has 0 radical (unpaired) electrons. The summed E-state index contributed by atoms with van der Waals surface area (Å²) in [7, 11) is 0. The van der Waals surface area contributed by atoms with Crippen molar-refractivity contribution < 1.29 is 23.8 Å². The summed E-state index contributed by atoms with van der Waals surface area (Å²) in [5.74, 6) is -1.71. The van der Waals surface area contributed by atoms with E-state index in [0.717, 1.165) is 9.86 Å². The lowest BCUT2D eigenvalue weighted by atomic mass is 9.95. The number of carbonyl (C=O) groups is 2. The summed E-state index contributed by atoms with van der Waals surface area (Å²) in [6.45, 7) is 4.26. The van der Waals surface area contributed by atoms with Crippen molar-refractivity contribution in [3.8, 4) is 0 Å². The lowest BCUT2D eigenvalue weighted by Crippen LogP contribution is -2.34. The van der Waals surface area contributed by atoms with Gasteiger partial charge in [0.05, 0.1) is 24.3 Å². The Morgan fingerprint density at radius 1 is 1.22 bits per heavy atom. The molecule has 1 atom stereocenters. The summed E-state index contributed by atoms with van der Waals surface area (Å²) in [6.07, 6.45) is -0.0146. The van der Waals surface area contributed by atoms with E-state index < -0.39 is 23.5 Å². The predicted octanol–water partition coefficient (Wildman–Crippen LogP) is 5.85. The molecule has 0 saturated heterocycles. The number of hydrogen-bond donors (Lipinski definition) is 1. The van der Waals surface area contributed by atoms with Crippen LogP contribution in [0.15, 0.2) is 68.8 Å². The highest BCUT2D eigenvalue weighted by Crippen LogP contribution is 2.40. The second-order valence-corrected chi connectivity index (χ2v) is 9.11. The van der Waals surface area contributed by atoms with Gasteiger partial charge in [-0.3, -0.25) is 9.59 Å². The predicted molar refractivity (Wildman–Crippen MR) is 125 cm³/mol. The van der Waals surface area contributed by atoms with E-state index >= 15 is 0 Å². The van der Waals surface area contributed by atoms with Gasteiger partial charge in [0.25, 0.3) is 5.91 Å². The second-order valence-electron chi connectivity index (χ2n) is 7.76. The molecule has 0 spiro atoms. The van der Waals surface area contributed by atoms with Crippen molar-refractivity contribution >= 4 is 50.2 Å². The van der Waals surface area contributed by atoms with E-state index in [9.17, 15) is 14.7 Å². The molecule has 1 unspecified atom stereocenters. The Hall–Kier alpha value is -2.61. The SMILES string of the molecule is CC(C)OCCN1C(=O)C(O)=C(C(=O)c2cc3cc(Br)ccc3o2)C1c1ccc(Cl)cc1. The van der Waals surface area contributed by atoms with Gasteiger partial charge >= 0.3 is 0 Å². The van der Waals surface area contributed by atoms with Crippen LogP contribution in [0.2, 0.25) is 5.02 Å². The normalized spacial score (nSPS) is 16.6. The fraction of sp³-hybridized carbons (Fsp3) is 0.250. The van der Waals surface area contributed by atoms with Gasteiger partial charge in [-0.15, -0.1) is 0 Å². The van der Waals surface area contributed by atoms with Crippen molar-refractivity contribution in [2.24, 2.45) is 0 Å². The van der Waals surface area contributed by atoms with Crippen LogP contribution in [0.5, 0.6) is 0 Å². The van der Waals surface area contributed by atoms with Crippen LogP contribution in [0.1, 0.15) is 36.0 Å². The van der Waals surface area contributed by atoms with Crippen LogP contribution in [0.3, 0.4) is 0 Å². The van der Waals surface area contributed by atoms with E-state index in [1.165, 1.54) is 4.90 Å². The molecular formula is C24H21BrClNO5. The topological polar surface area (TPSA) is 80.0 Å². The van der Waals surface area contributed by atoms with Crippen LogP contribution < -0.4 is 0 Å². The highest BCUT2D eigenvalue weighted by Gasteiger charge is 2.44. The van der Waals surface area contributed by atoms with Gasteiger partial charge < -0.3 is 19.2 Å². The van der Waals surface area contributed by atoms with E-state index in [1.807, 2.05) is 26.0 Å².